The van der Waals surface area contributed by atoms with E-state index in [2.05, 4.69) is 20.6 Å². The molecule has 0 bridgehead atoms. The molecule has 0 aliphatic carbocycles. The van der Waals surface area contributed by atoms with Crippen molar-refractivity contribution in [2.75, 3.05) is 30.3 Å². The molecule has 3 atom stereocenters. The number of fused-ring (bicyclic) bond motifs is 1. The van der Waals surface area contributed by atoms with Crippen LogP contribution in [0.3, 0.4) is 0 Å². The summed E-state index contributed by atoms with van der Waals surface area (Å²) in [4.78, 5) is 85.0. The molecule has 0 spiro atoms. The Kier molecular flexibility index (Phi) is 12.6. The number of amides is 2. The van der Waals surface area contributed by atoms with Gasteiger partial charge in [-0.3, -0.25) is 14.9 Å². The van der Waals surface area contributed by atoms with Gasteiger partial charge in [0.25, 0.3) is 5.91 Å². The minimum Gasteiger partial charge on any atom is -0.478 e. The highest BCUT2D eigenvalue weighted by atomic mass is 19.4. The van der Waals surface area contributed by atoms with Crippen molar-refractivity contribution in [2.24, 2.45) is 0 Å². The van der Waals surface area contributed by atoms with E-state index < -0.39 is 46.4 Å². The summed E-state index contributed by atoms with van der Waals surface area (Å²) in [6.07, 6.45) is -3.10. The van der Waals surface area contributed by atoms with Crippen LogP contribution in [0.2, 0.25) is 0 Å². The summed E-state index contributed by atoms with van der Waals surface area (Å²) in [6, 6.07) is 24.3. The number of aryl methyl sites for hydroxylation is 2. The average Bonchev–Trinajstić information content (AvgIpc) is 3.90. The molecule has 15 nitrogen and oxygen atoms in total. The highest BCUT2D eigenvalue weighted by Gasteiger charge is 2.80. The van der Waals surface area contributed by atoms with Crippen LogP contribution in [0.1, 0.15) is 46.9 Å². The number of benzene rings is 3. The highest BCUT2D eigenvalue weighted by Crippen LogP contribution is 2.54. The summed E-state index contributed by atoms with van der Waals surface area (Å²) in [5.74, 6) is -3.66. The molecule has 18 heteroatoms. The minimum absolute atomic E-state index is 0.126. The fourth-order valence-corrected chi connectivity index (χ4v) is 7.01. The number of esters is 1. The molecule has 2 aliphatic heterocycles. The summed E-state index contributed by atoms with van der Waals surface area (Å²) in [7, 11) is 0. The molecule has 1 saturated heterocycles. The first-order valence-electron chi connectivity index (χ1n) is 17.8. The van der Waals surface area contributed by atoms with Crippen LogP contribution in [-0.4, -0.2) is 88.4 Å². The number of aromatic nitrogens is 2. The number of nitrogen functional groups attached to an aromatic ring is 1. The van der Waals surface area contributed by atoms with Crippen LogP contribution in [0.4, 0.5) is 24.8 Å². The molecule has 304 valence electrons. The number of hydrogen-bond donors (Lipinski definition) is 4. The topological polar surface area (TPSA) is 230 Å². The van der Waals surface area contributed by atoms with Crippen molar-refractivity contribution in [1.82, 2.24) is 20.6 Å². The Morgan fingerprint density at radius 1 is 1.00 bits per heavy atom. The molecule has 1 aromatic heterocycles. The lowest BCUT2D eigenvalue weighted by atomic mass is 9.65. The van der Waals surface area contributed by atoms with E-state index in [0.717, 1.165) is 5.56 Å². The van der Waals surface area contributed by atoms with Crippen molar-refractivity contribution in [3.63, 3.8) is 0 Å². The number of carbonyl (C=O) groups excluding carboxylic acids is 5. The first-order chi connectivity index (χ1) is 27.5. The molecule has 2 aliphatic rings. The lowest BCUT2D eigenvalue weighted by molar-refractivity contribution is -0.192. The van der Waals surface area contributed by atoms with Crippen molar-refractivity contribution in [1.29, 1.82) is 0 Å². The minimum atomic E-state index is -5.08. The molecule has 58 heavy (non-hydrogen) atoms. The van der Waals surface area contributed by atoms with Crippen molar-refractivity contribution < 1.29 is 56.5 Å². The van der Waals surface area contributed by atoms with Gasteiger partial charge in [-0.25, -0.2) is 14.6 Å². The smallest absolute Gasteiger partial charge is 0.478 e. The first-order valence-corrected chi connectivity index (χ1v) is 17.8. The molecule has 2 unspecified atom stereocenters. The standard InChI is InChI=1S/C38H38N6O7.C2HF3O2/c1-25-20-31(42-35(39)41-25)50-19-9-10-26-15-16-30-29(21-26)33(48)40-22-32(47)44(30)23-36(2,27-11-5-3-6-12-27)38(37(24-46,43-38)17-18-45)34(49)51-28-13-7-4-8-14-28;3-2(4,5)1(6)7/h3-8,11-16,18,20-21,24,43H,9-10,17,19,22-23H2,1-2H3,(H,40,48)(H2,39,41,42);(H,6,7)/t36?,37?,38-;/m1./s1. The van der Waals surface area contributed by atoms with Crippen LogP contribution in [0.5, 0.6) is 11.6 Å². The third-order valence-corrected chi connectivity index (χ3v) is 9.84. The number of anilines is 2. The van der Waals surface area contributed by atoms with Crippen LogP contribution in [0, 0.1) is 6.92 Å². The van der Waals surface area contributed by atoms with E-state index in [9.17, 15) is 37.1 Å². The number of carboxylic acid groups (broad SMARTS) is 1. The molecule has 3 aromatic carbocycles. The van der Waals surface area contributed by atoms with Gasteiger partial charge in [0.15, 0.2) is 5.54 Å². The molecule has 2 amide bonds. The second-order valence-corrected chi connectivity index (χ2v) is 13.7. The quantitative estimate of drug-likeness (QED) is 0.0471. The van der Waals surface area contributed by atoms with Gasteiger partial charge in [0.05, 0.1) is 24.4 Å². The summed E-state index contributed by atoms with van der Waals surface area (Å²) in [5.41, 5.74) is 3.68. The van der Waals surface area contributed by atoms with Gasteiger partial charge < -0.3 is 40.1 Å². The van der Waals surface area contributed by atoms with Crippen LogP contribution < -0.4 is 30.7 Å². The number of nitrogens with zero attached hydrogens (tertiary/aromatic N) is 3. The number of nitrogens with one attached hydrogen (secondary N) is 2. The van der Waals surface area contributed by atoms with Gasteiger partial charge in [-0.15, -0.1) is 0 Å². The molecule has 0 radical (unpaired) electrons. The van der Waals surface area contributed by atoms with Gasteiger partial charge in [0.1, 0.15) is 23.9 Å². The normalized spacial score (nSPS) is 19.5. The molecular formula is C40H39F3N6O9. The Labute approximate surface area is 329 Å². The lowest BCUT2D eigenvalue weighted by Crippen LogP contribution is -2.60. The Morgan fingerprint density at radius 2 is 1.66 bits per heavy atom. The van der Waals surface area contributed by atoms with Crippen molar-refractivity contribution in [3.8, 4) is 11.6 Å². The van der Waals surface area contributed by atoms with Gasteiger partial charge in [0, 0.05) is 30.1 Å². The number of aldehydes is 2. The Hall–Kier alpha value is -6.69. The summed E-state index contributed by atoms with van der Waals surface area (Å²) < 4.78 is 43.4. The van der Waals surface area contributed by atoms with E-state index in [1.54, 1.807) is 86.6 Å². The predicted octanol–water partition coefficient (Wildman–Crippen LogP) is 3.52. The Morgan fingerprint density at radius 3 is 2.26 bits per heavy atom. The molecule has 0 saturated carbocycles. The molecule has 1 fully saturated rings. The van der Waals surface area contributed by atoms with Gasteiger partial charge in [-0.2, -0.15) is 18.2 Å². The van der Waals surface area contributed by atoms with Crippen LogP contribution >= 0.6 is 0 Å². The predicted molar refractivity (Wildman–Crippen MR) is 201 cm³/mol. The summed E-state index contributed by atoms with van der Waals surface area (Å²) in [5, 5.41) is 12.9. The molecule has 4 aromatic rings. The Bertz CT molecular complexity index is 2170. The number of alkyl halides is 3. The number of nitrogens with two attached hydrogens (primary N) is 1. The second kappa shape index (κ2) is 17.2. The number of hydrogen-bond acceptors (Lipinski definition) is 12. The van der Waals surface area contributed by atoms with E-state index in [1.807, 2.05) is 12.1 Å². The number of carbonyl (C=O) groups is 6. The number of ether oxygens (including phenoxy) is 2. The van der Waals surface area contributed by atoms with Gasteiger partial charge >= 0.3 is 18.1 Å². The second-order valence-electron chi connectivity index (χ2n) is 13.7. The number of rotatable bonds is 14. The maximum atomic E-state index is 14.4. The lowest BCUT2D eigenvalue weighted by Gasteiger charge is -2.41. The fraction of sp³-hybridized carbons (Fsp3) is 0.300. The molecule has 5 N–H and O–H groups in total. The average molecular weight is 805 g/mol. The number of carboxylic acids is 1. The number of para-hydroxylation sites is 1. The molecular weight excluding hydrogens is 765 g/mol. The zero-order valence-corrected chi connectivity index (χ0v) is 31.2. The maximum Gasteiger partial charge on any atom is 0.490 e. The van der Waals surface area contributed by atoms with Crippen LogP contribution in [0.15, 0.2) is 84.9 Å². The number of aliphatic carboxylic acids is 1. The zero-order valence-electron chi connectivity index (χ0n) is 31.2. The van der Waals surface area contributed by atoms with Crippen LogP contribution in [0.25, 0.3) is 0 Å². The maximum absolute atomic E-state index is 14.4. The van der Waals surface area contributed by atoms with Crippen molar-refractivity contribution in [3.05, 3.63) is 107 Å². The van der Waals surface area contributed by atoms with E-state index in [4.69, 9.17) is 25.1 Å². The SMILES string of the molecule is Cc1cc(OCCCc2ccc3c(c2)C(=O)NCC(=O)N3CC(C)(c2ccccc2)[C@@]2(C(=O)Oc3ccccc3)NC2(C=O)CC=O)nc(N)n1.O=C(O)C(F)(F)F. The van der Waals surface area contributed by atoms with Gasteiger partial charge in [-0.1, -0.05) is 61.5 Å². The highest BCUT2D eigenvalue weighted by molar-refractivity contribution is 6.10. The Balaban J connectivity index is 0.000000839. The zero-order chi connectivity index (χ0) is 42.3. The molecule has 6 rings (SSSR count). The molecule has 3 heterocycles. The van der Waals surface area contributed by atoms with E-state index >= 15 is 0 Å². The van der Waals surface area contributed by atoms with Gasteiger partial charge in [0.2, 0.25) is 17.7 Å². The van der Waals surface area contributed by atoms with Crippen molar-refractivity contribution >= 4 is 48.0 Å². The third kappa shape index (κ3) is 8.81. The fourth-order valence-electron chi connectivity index (χ4n) is 7.01. The summed E-state index contributed by atoms with van der Waals surface area (Å²) >= 11 is 0. The number of halogens is 3. The monoisotopic (exact) mass is 804 g/mol. The van der Waals surface area contributed by atoms with E-state index in [1.165, 1.54) is 4.90 Å². The van der Waals surface area contributed by atoms with E-state index in [0.29, 0.717) is 54.8 Å². The largest absolute Gasteiger partial charge is 0.490 e. The van der Waals surface area contributed by atoms with E-state index in [-0.39, 0.29) is 36.8 Å². The van der Waals surface area contributed by atoms with Crippen molar-refractivity contribution in [2.45, 2.75) is 55.8 Å². The summed E-state index contributed by atoms with van der Waals surface area (Å²) in [6.45, 7) is 3.44. The first kappa shape index (κ1) is 42.5. The third-order valence-electron chi connectivity index (χ3n) is 9.84. The van der Waals surface area contributed by atoms with Crippen LogP contribution in [-0.2, 0) is 35.8 Å². The van der Waals surface area contributed by atoms with Gasteiger partial charge in [-0.05, 0) is 55.2 Å².